The van der Waals surface area contributed by atoms with Gasteiger partial charge in [-0.15, -0.1) is 11.8 Å². The Morgan fingerprint density at radius 3 is 2.00 bits per heavy atom. The number of methoxy groups -OCH3 is 1. The van der Waals surface area contributed by atoms with Crippen molar-refractivity contribution in [3.63, 3.8) is 0 Å². The van der Waals surface area contributed by atoms with Crippen LogP contribution in [-0.2, 0) is 4.74 Å². The molecular weight excluding hydrogens is 190 g/mol. The minimum atomic E-state index is 0.588. The normalized spacial score (nSPS) is 9.92. The van der Waals surface area contributed by atoms with Crippen LogP contribution in [-0.4, -0.2) is 30.0 Å². The van der Waals surface area contributed by atoms with Crippen LogP contribution in [0.15, 0.2) is 4.99 Å². The number of ether oxygens (including phenoxy) is 1. The molecule has 0 radical (unpaired) electrons. The fourth-order valence-electron chi connectivity index (χ4n) is 0.287. The summed E-state index contributed by atoms with van der Waals surface area (Å²) in [6.07, 6.45) is 2.04. The zero-order chi connectivity index (χ0) is 9.98. The first-order valence-electron chi connectivity index (χ1n) is 3.68. The average molecular weight is 207 g/mol. The number of aliphatic imine (C=N–C) groups is 1. The molecular formula is C8H17NOS2. The summed E-state index contributed by atoms with van der Waals surface area (Å²) in [5.41, 5.74) is 0. The van der Waals surface area contributed by atoms with Crippen LogP contribution in [0.4, 0.5) is 0 Å². The Labute approximate surface area is 84.8 Å². The maximum atomic E-state index is 4.48. The third kappa shape index (κ3) is 16.5. The maximum absolute atomic E-state index is 4.48. The van der Waals surface area contributed by atoms with Crippen molar-refractivity contribution >= 4 is 34.1 Å². The first kappa shape index (κ1) is 14.4. The summed E-state index contributed by atoms with van der Waals surface area (Å²) < 4.78 is 4.48. The standard InChI is InChI=1S/C5H11NS.C3H6OS/c1-4-6-5(2)7-3;1-3(5)4-2/h4H2,1-3H3;1-2H3. The Morgan fingerprint density at radius 1 is 1.50 bits per heavy atom. The number of thiocarbonyl (C=S) groups is 1. The summed E-state index contributed by atoms with van der Waals surface area (Å²) in [5.74, 6) is 0. The highest BCUT2D eigenvalue weighted by molar-refractivity contribution is 8.13. The minimum absolute atomic E-state index is 0.588. The lowest BCUT2D eigenvalue weighted by atomic mass is 10.7. The number of nitrogens with zero attached hydrogens (tertiary/aromatic N) is 1. The Bertz CT molecular complexity index is 146. The van der Waals surface area contributed by atoms with E-state index in [0.29, 0.717) is 5.05 Å². The molecule has 0 spiro atoms. The van der Waals surface area contributed by atoms with Gasteiger partial charge in [-0.2, -0.15) is 0 Å². The van der Waals surface area contributed by atoms with E-state index in [1.165, 1.54) is 5.04 Å². The summed E-state index contributed by atoms with van der Waals surface area (Å²) in [6, 6.07) is 0. The summed E-state index contributed by atoms with van der Waals surface area (Å²) in [6.45, 7) is 6.70. The fraction of sp³-hybridized carbons (Fsp3) is 0.750. The Balaban J connectivity index is 0. The Kier molecular flexibility index (Phi) is 13.1. The lowest BCUT2D eigenvalue weighted by Gasteiger charge is -1.87. The van der Waals surface area contributed by atoms with Gasteiger partial charge in [0, 0.05) is 13.5 Å². The summed E-state index contributed by atoms with van der Waals surface area (Å²) in [4.78, 5) is 4.12. The van der Waals surface area contributed by atoms with Gasteiger partial charge < -0.3 is 4.74 Å². The molecule has 0 unspecified atom stereocenters. The SMILES string of the molecule is CCN=C(C)SC.COC(C)=S. The van der Waals surface area contributed by atoms with Crippen molar-refractivity contribution in [2.24, 2.45) is 4.99 Å². The second-order valence-electron chi connectivity index (χ2n) is 1.89. The van der Waals surface area contributed by atoms with Crippen LogP contribution in [0.25, 0.3) is 0 Å². The van der Waals surface area contributed by atoms with E-state index in [9.17, 15) is 0 Å². The fourth-order valence-corrected chi connectivity index (χ4v) is 0.545. The minimum Gasteiger partial charge on any atom is -0.491 e. The molecule has 0 bridgehead atoms. The number of thioether (sulfide) groups is 1. The third-order valence-corrected chi connectivity index (χ3v) is 1.85. The molecule has 0 saturated carbocycles. The molecule has 0 amide bonds. The van der Waals surface area contributed by atoms with Crippen molar-refractivity contribution in [3.8, 4) is 0 Å². The first-order chi connectivity index (χ1) is 5.58. The van der Waals surface area contributed by atoms with Crippen molar-refractivity contribution in [3.05, 3.63) is 0 Å². The quantitative estimate of drug-likeness (QED) is 0.375. The van der Waals surface area contributed by atoms with Gasteiger partial charge in [-0.1, -0.05) is 0 Å². The van der Waals surface area contributed by atoms with Gasteiger partial charge in [-0.25, -0.2) is 0 Å². The predicted octanol–water partition coefficient (Wildman–Crippen LogP) is 2.77. The molecule has 0 aliphatic carbocycles. The first-order valence-corrected chi connectivity index (χ1v) is 5.31. The molecule has 0 fully saturated rings. The van der Waals surface area contributed by atoms with E-state index in [0.717, 1.165) is 6.54 Å². The van der Waals surface area contributed by atoms with E-state index in [4.69, 9.17) is 0 Å². The lowest BCUT2D eigenvalue weighted by Crippen LogP contribution is -1.84. The Hall–Kier alpha value is -0.0900. The zero-order valence-electron chi connectivity index (χ0n) is 8.38. The monoisotopic (exact) mass is 207 g/mol. The smallest absolute Gasteiger partial charge is 0.156 e. The third-order valence-electron chi connectivity index (χ3n) is 0.964. The summed E-state index contributed by atoms with van der Waals surface area (Å²) in [7, 11) is 1.56. The number of hydrogen-bond acceptors (Lipinski definition) is 4. The van der Waals surface area contributed by atoms with Crippen molar-refractivity contribution in [2.75, 3.05) is 19.9 Å². The molecule has 12 heavy (non-hydrogen) atoms. The van der Waals surface area contributed by atoms with Gasteiger partial charge in [0.05, 0.1) is 12.2 Å². The zero-order valence-corrected chi connectivity index (χ0v) is 10.0. The van der Waals surface area contributed by atoms with E-state index >= 15 is 0 Å². The van der Waals surface area contributed by atoms with Crippen LogP contribution in [0.1, 0.15) is 20.8 Å². The van der Waals surface area contributed by atoms with Crippen LogP contribution in [0, 0.1) is 0 Å². The lowest BCUT2D eigenvalue weighted by molar-refractivity contribution is 0.411. The molecule has 2 nitrogen and oxygen atoms in total. The molecule has 0 aromatic carbocycles. The number of rotatable bonds is 1. The molecule has 0 aromatic rings. The van der Waals surface area contributed by atoms with Gasteiger partial charge in [-0.3, -0.25) is 4.99 Å². The highest BCUT2D eigenvalue weighted by Crippen LogP contribution is 1.94. The molecule has 0 aliphatic rings. The van der Waals surface area contributed by atoms with Crippen molar-refractivity contribution < 1.29 is 4.74 Å². The summed E-state index contributed by atoms with van der Waals surface area (Å²) in [5, 5.41) is 1.76. The van der Waals surface area contributed by atoms with Crippen LogP contribution < -0.4 is 0 Å². The molecule has 0 rings (SSSR count). The van der Waals surface area contributed by atoms with Gasteiger partial charge in [0.1, 0.15) is 0 Å². The van der Waals surface area contributed by atoms with Crippen LogP contribution in [0.5, 0.6) is 0 Å². The van der Waals surface area contributed by atoms with Crippen LogP contribution in [0.3, 0.4) is 0 Å². The topological polar surface area (TPSA) is 21.6 Å². The number of hydrogen-bond donors (Lipinski definition) is 0. The van der Waals surface area contributed by atoms with Crippen molar-refractivity contribution in [1.29, 1.82) is 0 Å². The summed E-state index contributed by atoms with van der Waals surface area (Å²) >= 11 is 6.17. The molecule has 0 saturated heterocycles. The van der Waals surface area contributed by atoms with E-state index < -0.39 is 0 Å². The van der Waals surface area contributed by atoms with Gasteiger partial charge in [0.2, 0.25) is 0 Å². The largest absolute Gasteiger partial charge is 0.491 e. The average Bonchev–Trinajstić information content (AvgIpc) is 2.06. The molecule has 72 valence electrons. The maximum Gasteiger partial charge on any atom is 0.156 e. The van der Waals surface area contributed by atoms with E-state index in [-0.39, 0.29) is 0 Å². The highest BCUT2D eigenvalue weighted by atomic mass is 32.2. The van der Waals surface area contributed by atoms with Crippen molar-refractivity contribution in [2.45, 2.75) is 20.8 Å². The van der Waals surface area contributed by atoms with Crippen LogP contribution in [0.2, 0.25) is 0 Å². The molecule has 0 atom stereocenters. The highest BCUT2D eigenvalue weighted by Gasteiger charge is 1.78. The van der Waals surface area contributed by atoms with E-state index in [1.54, 1.807) is 25.8 Å². The van der Waals surface area contributed by atoms with Gasteiger partial charge in [0.25, 0.3) is 0 Å². The predicted molar refractivity (Wildman–Crippen MR) is 62.4 cm³/mol. The molecule has 0 N–H and O–H groups in total. The van der Waals surface area contributed by atoms with Gasteiger partial charge in [-0.05, 0) is 32.3 Å². The molecule has 0 aliphatic heterocycles. The van der Waals surface area contributed by atoms with E-state index in [1.807, 2.05) is 20.1 Å². The molecule has 4 heteroatoms. The molecule has 0 aromatic heterocycles. The van der Waals surface area contributed by atoms with Gasteiger partial charge >= 0.3 is 0 Å². The second kappa shape index (κ2) is 10.9. The van der Waals surface area contributed by atoms with Crippen molar-refractivity contribution in [1.82, 2.24) is 0 Å². The van der Waals surface area contributed by atoms with Crippen LogP contribution >= 0.6 is 24.0 Å². The van der Waals surface area contributed by atoms with Gasteiger partial charge in [0.15, 0.2) is 5.05 Å². The van der Waals surface area contributed by atoms with E-state index in [2.05, 4.69) is 21.9 Å². The molecule has 0 heterocycles. The second-order valence-corrected chi connectivity index (χ2v) is 3.47. The Morgan fingerprint density at radius 2 is 1.92 bits per heavy atom.